The Morgan fingerprint density at radius 2 is 2.07 bits per heavy atom. The van der Waals surface area contributed by atoms with Crippen molar-refractivity contribution in [1.29, 1.82) is 0 Å². The van der Waals surface area contributed by atoms with Gasteiger partial charge in [0.25, 0.3) is 0 Å². The van der Waals surface area contributed by atoms with Gasteiger partial charge in [0, 0.05) is 12.3 Å². The molecule has 2 atom stereocenters. The molecule has 0 aromatic carbocycles. The van der Waals surface area contributed by atoms with Crippen molar-refractivity contribution in [3.63, 3.8) is 0 Å². The molecule has 0 bridgehead atoms. The van der Waals surface area contributed by atoms with Crippen LogP contribution in [0, 0.1) is 5.92 Å². The number of hydrogen-bond acceptors (Lipinski definition) is 2. The zero-order chi connectivity index (χ0) is 11.8. The van der Waals surface area contributed by atoms with Crippen LogP contribution >= 0.6 is 11.6 Å². The monoisotopic (exact) mass is 235 g/mol. The molecule has 0 radical (unpaired) electrons. The molecule has 15 heavy (non-hydrogen) atoms. The van der Waals surface area contributed by atoms with Crippen molar-refractivity contribution in [2.75, 3.05) is 5.88 Å². The number of rotatable bonds is 7. The van der Waals surface area contributed by atoms with Crippen LogP contribution in [0.4, 0.5) is 0 Å². The molecule has 0 saturated carbocycles. The first-order valence-electron chi connectivity index (χ1n) is 5.11. The fraction of sp³-hybridized carbons (Fsp3) is 0.800. The first kappa shape index (κ1) is 14.2. The zero-order valence-corrected chi connectivity index (χ0v) is 9.88. The number of amides is 1. The molecule has 0 aliphatic carbocycles. The number of aliphatic carboxylic acids is 1. The summed E-state index contributed by atoms with van der Waals surface area (Å²) in [4.78, 5) is 22.2. The Kier molecular flexibility index (Phi) is 7.13. The molecule has 2 N–H and O–H groups in total. The zero-order valence-electron chi connectivity index (χ0n) is 9.12. The Balaban J connectivity index is 4.16. The third kappa shape index (κ3) is 5.62. The average molecular weight is 236 g/mol. The van der Waals surface area contributed by atoms with Gasteiger partial charge < -0.3 is 10.4 Å². The number of hydrogen-bond donors (Lipinski definition) is 2. The van der Waals surface area contributed by atoms with Crippen LogP contribution in [-0.4, -0.2) is 28.9 Å². The van der Waals surface area contributed by atoms with Gasteiger partial charge in [0.2, 0.25) is 5.91 Å². The summed E-state index contributed by atoms with van der Waals surface area (Å²) >= 11 is 5.44. The molecule has 0 aliphatic heterocycles. The molecular formula is C10H18ClNO3. The lowest BCUT2D eigenvalue weighted by atomic mass is 9.99. The Labute approximate surface area is 95.0 Å². The molecule has 0 rings (SSSR count). The highest BCUT2D eigenvalue weighted by Crippen LogP contribution is 2.08. The van der Waals surface area contributed by atoms with Gasteiger partial charge in [-0.15, -0.1) is 11.6 Å². The van der Waals surface area contributed by atoms with Gasteiger partial charge in [-0.05, 0) is 12.3 Å². The highest BCUT2D eigenvalue weighted by atomic mass is 35.5. The molecule has 0 aliphatic rings. The van der Waals surface area contributed by atoms with E-state index in [-0.39, 0.29) is 18.2 Å². The SMILES string of the molecule is CC[C@H](C)[C@H](NC(=O)CCCCl)C(=O)O. The van der Waals surface area contributed by atoms with Crippen LogP contribution < -0.4 is 5.32 Å². The van der Waals surface area contributed by atoms with E-state index >= 15 is 0 Å². The second-order valence-corrected chi connectivity index (χ2v) is 3.94. The summed E-state index contributed by atoms with van der Waals surface area (Å²) in [5, 5.41) is 11.4. The molecule has 0 spiro atoms. The molecule has 0 unspecified atom stereocenters. The maximum Gasteiger partial charge on any atom is 0.326 e. The van der Waals surface area contributed by atoms with Crippen LogP contribution in [0.25, 0.3) is 0 Å². The van der Waals surface area contributed by atoms with Crippen molar-refractivity contribution in [3.8, 4) is 0 Å². The normalized spacial score (nSPS) is 14.3. The highest BCUT2D eigenvalue weighted by molar-refractivity contribution is 6.17. The summed E-state index contributed by atoms with van der Waals surface area (Å²) in [6.07, 6.45) is 1.57. The van der Waals surface area contributed by atoms with Crippen LogP contribution in [0.15, 0.2) is 0 Å². The molecule has 1 amide bonds. The van der Waals surface area contributed by atoms with Crippen LogP contribution in [0.1, 0.15) is 33.1 Å². The molecule has 0 saturated heterocycles. The first-order chi connectivity index (χ1) is 7.02. The summed E-state index contributed by atoms with van der Waals surface area (Å²) in [7, 11) is 0. The van der Waals surface area contributed by atoms with Crippen LogP contribution in [0.2, 0.25) is 0 Å². The van der Waals surface area contributed by atoms with Crippen molar-refractivity contribution in [2.24, 2.45) is 5.92 Å². The minimum atomic E-state index is -0.983. The summed E-state index contributed by atoms with van der Waals surface area (Å²) in [6.45, 7) is 3.70. The van der Waals surface area contributed by atoms with Crippen molar-refractivity contribution in [3.05, 3.63) is 0 Å². The molecule has 5 heteroatoms. The Morgan fingerprint density at radius 3 is 2.47 bits per heavy atom. The van der Waals surface area contributed by atoms with Crippen molar-refractivity contribution < 1.29 is 14.7 Å². The summed E-state index contributed by atoms with van der Waals surface area (Å²) in [5.41, 5.74) is 0. The fourth-order valence-electron chi connectivity index (χ4n) is 1.16. The van der Waals surface area contributed by atoms with Gasteiger partial charge in [-0.3, -0.25) is 4.79 Å². The highest BCUT2D eigenvalue weighted by Gasteiger charge is 2.24. The summed E-state index contributed by atoms with van der Waals surface area (Å²) in [5.74, 6) is -0.886. The number of alkyl halides is 1. The van der Waals surface area contributed by atoms with E-state index in [1.165, 1.54) is 0 Å². The lowest BCUT2D eigenvalue weighted by Crippen LogP contribution is -2.44. The Hall–Kier alpha value is -0.770. The van der Waals surface area contributed by atoms with Crippen LogP contribution in [0.5, 0.6) is 0 Å². The predicted octanol–water partition coefficient (Wildman–Crippen LogP) is 1.62. The van der Waals surface area contributed by atoms with E-state index in [1.807, 2.05) is 6.92 Å². The maximum absolute atomic E-state index is 11.3. The van der Waals surface area contributed by atoms with Gasteiger partial charge in [0.05, 0.1) is 0 Å². The molecule has 4 nitrogen and oxygen atoms in total. The summed E-state index contributed by atoms with van der Waals surface area (Å²) in [6, 6.07) is -0.794. The van der Waals surface area contributed by atoms with Gasteiger partial charge in [-0.1, -0.05) is 20.3 Å². The minimum Gasteiger partial charge on any atom is -0.480 e. The molecular weight excluding hydrogens is 218 g/mol. The quantitative estimate of drug-likeness (QED) is 0.659. The third-order valence-electron chi connectivity index (χ3n) is 2.33. The van der Waals surface area contributed by atoms with E-state index in [0.29, 0.717) is 18.7 Å². The van der Waals surface area contributed by atoms with Crippen LogP contribution in [-0.2, 0) is 9.59 Å². The Morgan fingerprint density at radius 1 is 1.47 bits per heavy atom. The second kappa shape index (κ2) is 7.51. The van der Waals surface area contributed by atoms with Gasteiger partial charge in [-0.2, -0.15) is 0 Å². The molecule has 0 fully saturated rings. The van der Waals surface area contributed by atoms with Gasteiger partial charge >= 0.3 is 5.97 Å². The van der Waals surface area contributed by atoms with Crippen molar-refractivity contribution >= 4 is 23.5 Å². The maximum atomic E-state index is 11.3. The molecule has 0 heterocycles. The number of carboxylic acids is 1. The van der Waals surface area contributed by atoms with Crippen molar-refractivity contribution in [1.82, 2.24) is 5.32 Å². The van der Waals surface area contributed by atoms with E-state index in [4.69, 9.17) is 16.7 Å². The number of carbonyl (C=O) groups excluding carboxylic acids is 1. The van der Waals surface area contributed by atoms with Gasteiger partial charge in [0.15, 0.2) is 0 Å². The van der Waals surface area contributed by atoms with Gasteiger partial charge in [-0.25, -0.2) is 4.79 Å². The van der Waals surface area contributed by atoms with Gasteiger partial charge in [0.1, 0.15) is 6.04 Å². The largest absolute Gasteiger partial charge is 0.480 e. The number of halogens is 1. The second-order valence-electron chi connectivity index (χ2n) is 3.56. The van der Waals surface area contributed by atoms with E-state index in [0.717, 1.165) is 0 Å². The number of carbonyl (C=O) groups is 2. The van der Waals surface area contributed by atoms with E-state index in [9.17, 15) is 9.59 Å². The standard InChI is InChI=1S/C10H18ClNO3/c1-3-7(2)9(10(14)15)12-8(13)5-4-6-11/h7,9H,3-6H2,1-2H3,(H,12,13)(H,14,15)/t7-,9-/m0/s1. The van der Waals surface area contributed by atoms with E-state index in [2.05, 4.69) is 5.32 Å². The topological polar surface area (TPSA) is 66.4 Å². The summed E-state index contributed by atoms with van der Waals surface area (Å²) < 4.78 is 0. The molecule has 0 aromatic rings. The lowest BCUT2D eigenvalue weighted by molar-refractivity contribution is -0.143. The first-order valence-corrected chi connectivity index (χ1v) is 5.64. The fourth-order valence-corrected chi connectivity index (χ4v) is 1.29. The average Bonchev–Trinajstić information content (AvgIpc) is 2.21. The minimum absolute atomic E-state index is 0.0672. The van der Waals surface area contributed by atoms with Crippen molar-refractivity contribution in [2.45, 2.75) is 39.2 Å². The van der Waals surface area contributed by atoms with Crippen LogP contribution in [0.3, 0.4) is 0 Å². The predicted molar refractivity (Wildman–Crippen MR) is 59.0 cm³/mol. The number of nitrogens with one attached hydrogen (secondary N) is 1. The van der Waals surface area contributed by atoms with E-state index < -0.39 is 12.0 Å². The Bertz CT molecular complexity index is 221. The lowest BCUT2D eigenvalue weighted by Gasteiger charge is -2.19. The molecule has 88 valence electrons. The smallest absolute Gasteiger partial charge is 0.326 e. The number of carboxylic acid groups (broad SMARTS) is 1. The third-order valence-corrected chi connectivity index (χ3v) is 2.60. The van der Waals surface area contributed by atoms with E-state index in [1.54, 1.807) is 6.92 Å². The molecule has 0 aromatic heterocycles.